The van der Waals surface area contributed by atoms with Crippen molar-refractivity contribution in [1.29, 1.82) is 0 Å². The molecule has 0 aliphatic rings. The summed E-state index contributed by atoms with van der Waals surface area (Å²) in [6.07, 6.45) is 1.38. The zero-order valence-electron chi connectivity index (χ0n) is 14.3. The van der Waals surface area contributed by atoms with E-state index in [0.29, 0.717) is 5.16 Å². The zero-order valence-corrected chi connectivity index (χ0v) is 15.1. The number of benzene rings is 1. The van der Waals surface area contributed by atoms with Gasteiger partial charge < -0.3 is 4.42 Å². The molecule has 0 saturated heterocycles. The van der Waals surface area contributed by atoms with E-state index in [2.05, 4.69) is 27.1 Å². The van der Waals surface area contributed by atoms with Crippen molar-refractivity contribution in [1.82, 2.24) is 25.4 Å². The van der Waals surface area contributed by atoms with Crippen LogP contribution in [0.25, 0.3) is 16.6 Å². The summed E-state index contributed by atoms with van der Waals surface area (Å²) in [7, 11) is 0. The van der Waals surface area contributed by atoms with E-state index in [-0.39, 0.29) is 17.4 Å². The molecular weight excluding hydrogens is 366 g/mol. The standard InChI is InChI=1S/C18H15N5O3S/c1-11-9-12-5-2-3-6-13(12)23-16(11)20-22-18(23)27-10-15(24)19-21-17(25)14-7-4-8-26-14/h2-9H,10H2,1H3,(H,19,24)(H,21,25). The highest BCUT2D eigenvalue weighted by atomic mass is 32.2. The van der Waals surface area contributed by atoms with E-state index >= 15 is 0 Å². The first kappa shape index (κ1) is 17.1. The molecule has 136 valence electrons. The fourth-order valence-corrected chi connectivity index (χ4v) is 3.45. The monoisotopic (exact) mass is 381 g/mol. The van der Waals surface area contributed by atoms with Crippen molar-refractivity contribution in [2.45, 2.75) is 12.1 Å². The van der Waals surface area contributed by atoms with Crippen LogP contribution in [0.4, 0.5) is 0 Å². The molecule has 0 spiro atoms. The van der Waals surface area contributed by atoms with Crippen molar-refractivity contribution in [2.75, 3.05) is 5.75 Å². The molecule has 27 heavy (non-hydrogen) atoms. The number of furan rings is 1. The van der Waals surface area contributed by atoms with Gasteiger partial charge in [-0.15, -0.1) is 10.2 Å². The maximum atomic E-state index is 12.0. The summed E-state index contributed by atoms with van der Waals surface area (Å²) in [4.78, 5) is 23.8. The summed E-state index contributed by atoms with van der Waals surface area (Å²) in [5.74, 6) is -0.698. The third-order valence-corrected chi connectivity index (χ3v) is 4.86. The Morgan fingerprint density at radius 1 is 1.15 bits per heavy atom. The van der Waals surface area contributed by atoms with Crippen LogP contribution in [-0.4, -0.2) is 32.2 Å². The largest absolute Gasteiger partial charge is 0.459 e. The average molecular weight is 381 g/mol. The minimum absolute atomic E-state index is 0.0709. The minimum Gasteiger partial charge on any atom is -0.459 e. The van der Waals surface area contributed by atoms with Gasteiger partial charge in [-0.05, 0) is 42.1 Å². The van der Waals surface area contributed by atoms with Crippen molar-refractivity contribution in [3.8, 4) is 0 Å². The summed E-state index contributed by atoms with van der Waals surface area (Å²) in [5, 5.41) is 10.1. The number of fused-ring (bicyclic) bond motifs is 3. The Morgan fingerprint density at radius 3 is 2.81 bits per heavy atom. The fourth-order valence-electron chi connectivity index (χ4n) is 2.71. The van der Waals surface area contributed by atoms with E-state index in [1.54, 1.807) is 6.07 Å². The van der Waals surface area contributed by atoms with Gasteiger partial charge in [0.25, 0.3) is 0 Å². The molecule has 0 saturated carbocycles. The molecule has 0 radical (unpaired) electrons. The number of hydrazine groups is 1. The van der Waals surface area contributed by atoms with Crippen LogP contribution in [0.1, 0.15) is 16.1 Å². The number of aromatic nitrogens is 3. The number of thioether (sulfide) groups is 1. The Labute approximate surface area is 157 Å². The number of rotatable bonds is 4. The quantitative estimate of drug-likeness (QED) is 0.416. The van der Waals surface area contributed by atoms with Crippen LogP contribution in [0.3, 0.4) is 0 Å². The number of nitrogens with zero attached hydrogens (tertiary/aromatic N) is 3. The van der Waals surface area contributed by atoms with Gasteiger partial charge in [-0.25, -0.2) is 0 Å². The van der Waals surface area contributed by atoms with Crippen molar-refractivity contribution >= 4 is 40.1 Å². The molecule has 0 bridgehead atoms. The second kappa shape index (κ2) is 7.12. The highest BCUT2D eigenvalue weighted by Crippen LogP contribution is 2.25. The molecule has 2 amide bonds. The lowest BCUT2D eigenvalue weighted by atomic mass is 10.1. The van der Waals surface area contributed by atoms with Crippen LogP contribution in [-0.2, 0) is 4.79 Å². The van der Waals surface area contributed by atoms with E-state index in [4.69, 9.17) is 4.42 Å². The van der Waals surface area contributed by atoms with E-state index in [9.17, 15) is 9.59 Å². The highest BCUT2D eigenvalue weighted by molar-refractivity contribution is 7.99. The van der Waals surface area contributed by atoms with E-state index in [1.165, 1.54) is 24.1 Å². The lowest BCUT2D eigenvalue weighted by Crippen LogP contribution is -2.42. The summed E-state index contributed by atoms with van der Waals surface area (Å²) in [5.41, 5.74) is 7.38. The van der Waals surface area contributed by atoms with Gasteiger partial charge in [0.05, 0.1) is 17.5 Å². The molecule has 0 aliphatic heterocycles. The number of carbonyl (C=O) groups excluding carboxylic acids is 2. The Morgan fingerprint density at radius 2 is 2.00 bits per heavy atom. The van der Waals surface area contributed by atoms with Crippen LogP contribution in [0, 0.1) is 6.92 Å². The normalized spacial score (nSPS) is 11.0. The maximum absolute atomic E-state index is 12.0. The van der Waals surface area contributed by atoms with Crippen LogP contribution in [0.5, 0.6) is 0 Å². The van der Waals surface area contributed by atoms with Gasteiger partial charge in [0, 0.05) is 0 Å². The van der Waals surface area contributed by atoms with Crippen LogP contribution in [0.2, 0.25) is 0 Å². The highest BCUT2D eigenvalue weighted by Gasteiger charge is 2.14. The summed E-state index contributed by atoms with van der Waals surface area (Å²) < 4.78 is 6.89. The first-order valence-electron chi connectivity index (χ1n) is 8.12. The van der Waals surface area contributed by atoms with Crippen LogP contribution in [0.15, 0.2) is 58.3 Å². The molecular formula is C18H15N5O3S. The number of amides is 2. The number of hydrogen-bond acceptors (Lipinski definition) is 6. The molecule has 0 fully saturated rings. The Hall–Kier alpha value is -3.33. The van der Waals surface area contributed by atoms with Gasteiger partial charge in [0.2, 0.25) is 5.91 Å². The molecule has 0 atom stereocenters. The molecule has 2 N–H and O–H groups in total. The summed E-state index contributed by atoms with van der Waals surface area (Å²) in [6.45, 7) is 1.97. The van der Waals surface area contributed by atoms with Crippen LogP contribution >= 0.6 is 11.8 Å². The van der Waals surface area contributed by atoms with E-state index in [1.807, 2.05) is 35.6 Å². The summed E-state index contributed by atoms with van der Waals surface area (Å²) in [6, 6.07) is 13.1. The first-order valence-corrected chi connectivity index (χ1v) is 9.11. The van der Waals surface area contributed by atoms with E-state index in [0.717, 1.165) is 22.1 Å². The molecule has 3 aromatic heterocycles. The number of carbonyl (C=O) groups is 2. The number of hydrogen-bond donors (Lipinski definition) is 2. The van der Waals surface area contributed by atoms with Crippen molar-refractivity contribution in [3.63, 3.8) is 0 Å². The first-order chi connectivity index (χ1) is 13.1. The molecule has 0 aliphatic carbocycles. The SMILES string of the molecule is Cc1cc2ccccc2n2c(SCC(=O)NNC(=O)c3ccco3)nnc12. The molecule has 8 nitrogen and oxygen atoms in total. The number of pyridine rings is 1. The average Bonchev–Trinajstić information content (AvgIpc) is 3.35. The van der Waals surface area contributed by atoms with Gasteiger partial charge in [0.15, 0.2) is 16.6 Å². The molecule has 0 unspecified atom stereocenters. The molecule has 3 heterocycles. The van der Waals surface area contributed by atoms with Crippen LogP contribution < -0.4 is 10.9 Å². The van der Waals surface area contributed by atoms with Crippen molar-refractivity contribution in [3.05, 3.63) is 60.1 Å². The topological polar surface area (TPSA) is 102 Å². The zero-order chi connectivity index (χ0) is 18.8. The third-order valence-electron chi connectivity index (χ3n) is 3.93. The second-order valence-corrected chi connectivity index (χ2v) is 6.74. The summed E-state index contributed by atoms with van der Waals surface area (Å²) >= 11 is 1.24. The van der Waals surface area contributed by atoms with Gasteiger partial charge in [-0.2, -0.15) is 0 Å². The van der Waals surface area contributed by atoms with Gasteiger partial charge in [-0.1, -0.05) is 30.0 Å². The Kier molecular flexibility index (Phi) is 4.51. The number of aryl methyl sites for hydroxylation is 1. The predicted octanol–water partition coefficient (Wildman–Crippen LogP) is 2.34. The lowest BCUT2D eigenvalue weighted by molar-refractivity contribution is -0.119. The molecule has 9 heteroatoms. The predicted molar refractivity (Wildman–Crippen MR) is 100 cm³/mol. The third kappa shape index (κ3) is 3.36. The second-order valence-electron chi connectivity index (χ2n) is 5.80. The smallest absolute Gasteiger partial charge is 0.305 e. The minimum atomic E-state index is -0.520. The van der Waals surface area contributed by atoms with Gasteiger partial charge >= 0.3 is 5.91 Å². The Bertz CT molecular complexity index is 1140. The number of para-hydroxylation sites is 1. The number of nitrogens with one attached hydrogen (secondary N) is 2. The lowest BCUT2D eigenvalue weighted by Gasteiger charge is -2.07. The molecule has 4 aromatic rings. The molecule has 1 aromatic carbocycles. The maximum Gasteiger partial charge on any atom is 0.305 e. The fraction of sp³-hybridized carbons (Fsp3) is 0.111. The van der Waals surface area contributed by atoms with Crippen molar-refractivity contribution in [2.24, 2.45) is 0 Å². The van der Waals surface area contributed by atoms with Gasteiger partial charge in [0.1, 0.15) is 0 Å². The molecule has 4 rings (SSSR count). The van der Waals surface area contributed by atoms with Crippen molar-refractivity contribution < 1.29 is 14.0 Å². The van der Waals surface area contributed by atoms with E-state index < -0.39 is 5.91 Å². The Balaban J connectivity index is 1.47. The van der Waals surface area contributed by atoms with Gasteiger partial charge in [-0.3, -0.25) is 24.8 Å².